The molecule has 56 heavy (non-hydrogen) atoms. The molecular weight excluding hydrogens is 780 g/mol. The highest BCUT2D eigenvalue weighted by atomic mass is 32.1. The maximum Gasteiger partial charge on any atom is 0.701 e. The van der Waals surface area contributed by atoms with E-state index in [1.807, 2.05) is 24.3 Å². The van der Waals surface area contributed by atoms with Crippen molar-refractivity contribution in [1.82, 2.24) is 59.1 Å². The summed E-state index contributed by atoms with van der Waals surface area (Å²) < 4.78 is 29.3. The molecule has 0 aromatic carbocycles. The van der Waals surface area contributed by atoms with Crippen molar-refractivity contribution in [3.63, 3.8) is 0 Å². The lowest BCUT2D eigenvalue weighted by molar-refractivity contribution is 0.101. The monoisotopic (exact) mass is 807 g/mol. The highest BCUT2D eigenvalue weighted by molar-refractivity contribution is 7.33. The van der Waals surface area contributed by atoms with Gasteiger partial charge in [-0.1, -0.05) is 21.2 Å². The van der Waals surface area contributed by atoms with Crippen LogP contribution in [0.5, 0.6) is 0 Å². The summed E-state index contributed by atoms with van der Waals surface area (Å²) in [5.74, 6) is -0.799. The van der Waals surface area contributed by atoms with Crippen molar-refractivity contribution in [2.24, 2.45) is 14.1 Å². The zero-order valence-electron chi connectivity index (χ0n) is 29.3. The molecule has 0 aliphatic carbocycles. The van der Waals surface area contributed by atoms with Crippen molar-refractivity contribution in [2.45, 2.75) is 13.5 Å². The Balaban J connectivity index is 0.813. The van der Waals surface area contributed by atoms with Crippen molar-refractivity contribution in [3.05, 3.63) is 108 Å². The van der Waals surface area contributed by atoms with Gasteiger partial charge in [-0.2, -0.15) is 20.4 Å². The number of carbonyl (C=O) groups is 2. The van der Waals surface area contributed by atoms with Gasteiger partial charge in [-0.15, -0.1) is 22.7 Å². The first kappa shape index (κ1) is 36.3. The molecule has 0 bridgehead atoms. The minimum atomic E-state index is -2.54. The van der Waals surface area contributed by atoms with Crippen LogP contribution in [-0.4, -0.2) is 70.9 Å². The molecule has 8 aromatic heterocycles. The second-order valence-electron chi connectivity index (χ2n) is 11.8. The van der Waals surface area contributed by atoms with Crippen LogP contribution >= 0.6 is 30.9 Å². The Labute approximate surface area is 325 Å². The number of anilines is 2. The molecular formula is C34H28N14O5PS2+. The summed E-state index contributed by atoms with van der Waals surface area (Å²) in [5, 5.41) is 27.5. The summed E-state index contributed by atoms with van der Waals surface area (Å²) in [7, 11) is 0.984. The van der Waals surface area contributed by atoms with Crippen molar-refractivity contribution in [2.75, 3.05) is 10.6 Å². The number of rotatable bonds is 14. The molecule has 0 atom stereocenters. The number of carbonyl (C=O) groups excluding carboxylic acids is 2. The van der Waals surface area contributed by atoms with E-state index in [2.05, 4.69) is 51.0 Å². The Morgan fingerprint density at radius 3 is 1.59 bits per heavy atom. The van der Waals surface area contributed by atoms with Gasteiger partial charge in [-0.05, 0) is 24.3 Å². The summed E-state index contributed by atoms with van der Waals surface area (Å²) >= 11 is 2.55. The average molecular weight is 808 g/mol. The first-order valence-corrected chi connectivity index (χ1v) is 19.3. The van der Waals surface area contributed by atoms with Gasteiger partial charge in [0, 0.05) is 77.7 Å². The maximum absolute atomic E-state index is 13.1. The van der Waals surface area contributed by atoms with E-state index in [0.29, 0.717) is 55.3 Å². The van der Waals surface area contributed by atoms with Crippen LogP contribution in [0.1, 0.15) is 21.0 Å². The average Bonchev–Trinajstić information content (AvgIpc) is 4.06. The predicted octanol–water partition coefficient (Wildman–Crippen LogP) is 5.73. The van der Waals surface area contributed by atoms with Crippen molar-refractivity contribution in [1.29, 1.82) is 0 Å². The van der Waals surface area contributed by atoms with E-state index in [0.717, 1.165) is 0 Å². The number of amides is 2. The van der Waals surface area contributed by atoms with Gasteiger partial charge in [0.25, 0.3) is 11.8 Å². The smallest absolute Gasteiger partial charge is 0.317 e. The van der Waals surface area contributed by atoms with Gasteiger partial charge in [-0.25, -0.2) is 19.3 Å². The number of hydrogen-bond donors (Lipinski definition) is 2. The molecule has 2 amide bonds. The second kappa shape index (κ2) is 16.0. The third kappa shape index (κ3) is 8.21. The van der Waals surface area contributed by atoms with E-state index < -0.39 is 20.1 Å². The first-order valence-electron chi connectivity index (χ1n) is 16.5. The van der Waals surface area contributed by atoms with Crippen LogP contribution in [0.25, 0.3) is 43.9 Å². The first-order chi connectivity index (χ1) is 27.3. The fourth-order valence-corrected chi connectivity index (χ4v) is 7.33. The molecule has 22 heteroatoms. The van der Waals surface area contributed by atoms with E-state index in [1.165, 1.54) is 32.0 Å². The summed E-state index contributed by atoms with van der Waals surface area (Å²) in [6.45, 7) is -0.329. The van der Waals surface area contributed by atoms with Crippen LogP contribution in [0.15, 0.2) is 96.7 Å². The topological polar surface area (TPSA) is 217 Å². The van der Waals surface area contributed by atoms with Crippen LogP contribution in [0, 0.1) is 0 Å². The highest BCUT2D eigenvalue weighted by Gasteiger charge is 2.23. The molecule has 0 aliphatic rings. The maximum atomic E-state index is 13.1. The number of hydrogen-bond acceptors (Lipinski definition) is 15. The number of aryl methyl sites for hydroxylation is 2. The molecule has 0 radical (unpaired) electrons. The van der Waals surface area contributed by atoms with Gasteiger partial charge >= 0.3 is 8.25 Å². The molecule has 0 saturated carbocycles. The third-order valence-electron chi connectivity index (χ3n) is 7.79. The van der Waals surface area contributed by atoms with Crippen molar-refractivity contribution < 1.29 is 23.2 Å². The van der Waals surface area contributed by atoms with Gasteiger partial charge in [0.2, 0.25) is 0 Å². The van der Waals surface area contributed by atoms with Crippen LogP contribution in [-0.2, 0) is 41.2 Å². The summed E-state index contributed by atoms with van der Waals surface area (Å²) in [6, 6.07) is 10.9. The van der Waals surface area contributed by atoms with E-state index in [1.54, 1.807) is 95.9 Å². The molecule has 280 valence electrons. The zero-order valence-corrected chi connectivity index (χ0v) is 31.9. The molecule has 0 aliphatic heterocycles. The Morgan fingerprint density at radius 1 is 0.696 bits per heavy atom. The largest absolute Gasteiger partial charge is 0.701 e. The lowest BCUT2D eigenvalue weighted by atomic mass is 10.2. The zero-order chi connectivity index (χ0) is 38.6. The Morgan fingerprint density at radius 2 is 1.16 bits per heavy atom. The normalized spacial score (nSPS) is 11.2. The lowest BCUT2D eigenvalue weighted by Crippen LogP contribution is -2.12. The molecule has 8 rings (SSSR count). The summed E-state index contributed by atoms with van der Waals surface area (Å²) in [6.07, 6.45) is 13.2. The van der Waals surface area contributed by atoms with Gasteiger partial charge < -0.3 is 10.6 Å². The molecule has 8 heterocycles. The molecule has 0 saturated heterocycles. The van der Waals surface area contributed by atoms with Crippen molar-refractivity contribution >= 4 is 54.1 Å². The lowest BCUT2D eigenvalue weighted by Gasteiger charge is -2.03. The van der Waals surface area contributed by atoms with E-state index in [9.17, 15) is 14.2 Å². The van der Waals surface area contributed by atoms with Crippen LogP contribution in [0.2, 0.25) is 0 Å². The number of nitrogens with zero attached hydrogens (tertiary/aromatic N) is 12. The quantitative estimate of drug-likeness (QED) is 0.126. The molecule has 19 nitrogen and oxygen atoms in total. The van der Waals surface area contributed by atoms with Gasteiger partial charge in [-0.3, -0.25) is 28.9 Å². The fraction of sp³-hybridized carbons (Fsp3) is 0.118. The van der Waals surface area contributed by atoms with E-state index >= 15 is 0 Å². The molecule has 0 spiro atoms. The SMILES string of the molecule is Cn1cc(NC(=O)c2csc(-c3cnn(CO[P+](=O)OCn4cc(-c5nc(C(=O)Nc6cn(C)nc6-c6ccccn6)cs5)cn4)c3)n2)c(-c2ccccn2)n1. The standard InChI is InChI=1S/C34H27N14O5PS2/c1-45-15-25(29(43-45)23-7-3-5-9-35-23)39-31(49)27-17-55-33(41-27)21-11-37-47(13-21)19-52-54(51)53-20-48-14-22(12-38-48)34-42-28(18-56-34)32(50)40-26-16-46(2)44-30(26)24-8-4-6-10-36-24/h3-18H,19-20H2,1-2H3,(H-,39,40,49,50)/p+1. The number of pyridine rings is 2. The van der Waals surface area contributed by atoms with Crippen molar-refractivity contribution in [3.8, 4) is 43.9 Å². The molecule has 0 unspecified atom stereocenters. The Bertz CT molecular complexity index is 2490. The molecule has 0 fully saturated rings. The van der Waals surface area contributed by atoms with Crippen LogP contribution in [0.3, 0.4) is 0 Å². The van der Waals surface area contributed by atoms with Gasteiger partial charge in [0.05, 0.1) is 35.2 Å². The van der Waals surface area contributed by atoms with Gasteiger partial charge in [0.1, 0.15) is 32.8 Å². The number of thiazole rings is 2. The van der Waals surface area contributed by atoms with E-state index in [-0.39, 0.29) is 24.8 Å². The highest BCUT2D eigenvalue weighted by Crippen LogP contribution is 2.30. The van der Waals surface area contributed by atoms with Gasteiger partial charge in [0.15, 0.2) is 13.5 Å². The summed E-state index contributed by atoms with van der Waals surface area (Å²) in [4.78, 5) is 43.7. The minimum Gasteiger partial charge on any atom is -0.317 e. The third-order valence-corrected chi connectivity index (χ3v) is 10.2. The minimum absolute atomic E-state index is 0.165. The second-order valence-corrected chi connectivity index (χ2v) is 14.5. The molecule has 2 N–H and O–H groups in total. The van der Waals surface area contributed by atoms with Crippen LogP contribution in [0.4, 0.5) is 11.4 Å². The Hall–Kier alpha value is -6.64. The number of nitrogens with one attached hydrogen (secondary N) is 2. The molecule has 8 aromatic rings. The fourth-order valence-electron chi connectivity index (χ4n) is 5.28. The Kier molecular flexibility index (Phi) is 10.4. The number of aromatic nitrogens is 12. The van der Waals surface area contributed by atoms with E-state index in [4.69, 9.17) is 9.05 Å². The predicted molar refractivity (Wildman–Crippen MR) is 205 cm³/mol. The summed E-state index contributed by atoms with van der Waals surface area (Å²) in [5.41, 5.74) is 5.09. The van der Waals surface area contributed by atoms with Crippen LogP contribution < -0.4 is 10.6 Å².